The van der Waals surface area contributed by atoms with Crippen molar-refractivity contribution in [3.05, 3.63) is 52.3 Å². The van der Waals surface area contributed by atoms with E-state index in [1.54, 1.807) is 6.07 Å². The Morgan fingerprint density at radius 2 is 1.81 bits per heavy atom. The molecule has 0 spiro atoms. The molecule has 0 saturated carbocycles. The zero-order valence-corrected chi connectivity index (χ0v) is 14.9. The minimum Gasteiger partial charge on any atom is -0.493 e. The van der Waals surface area contributed by atoms with Crippen LogP contribution in [0.25, 0.3) is 15.9 Å². The molecule has 0 aliphatic rings. The number of halogens is 2. The summed E-state index contributed by atoms with van der Waals surface area (Å²) < 4.78 is 38.0. The van der Waals surface area contributed by atoms with Gasteiger partial charge in [0.05, 0.1) is 25.1 Å². The lowest BCUT2D eigenvalue weighted by atomic mass is 10.2. The van der Waals surface area contributed by atoms with E-state index >= 15 is 0 Å². The predicted molar refractivity (Wildman–Crippen MR) is 97.4 cm³/mol. The summed E-state index contributed by atoms with van der Waals surface area (Å²) in [6.45, 7) is 0. The minimum atomic E-state index is -0.985. The van der Waals surface area contributed by atoms with E-state index in [9.17, 15) is 13.6 Å². The summed E-state index contributed by atoms with van der Waals surface area (Å²) in [7, 11) is 2.96. The van der Waals surface area contributed by atoms with E-state index in [2.05, 4.69) is 15.4 Å². The van der Waals surface area contributed by atoms with Gasteiger partial charge in [-0.05, 0) is 18.2 Å². The number of hydrogen-bond acceptors (Lipinski definition) is 7. The first kappa shape index (κ1) is 17.2. The van der Waals surface area contributed by atoms with Crippen molar-refractivity contribution in [3.63, 3.8) is 0 Å². The molecular weight excluding hydrogens is 378 g/mol. The fourth-order valence-electron chi connectivity index (χ4n) is 2.58. The van der Waals surface area contributed by atoms with Crippen molar-refractivity contribution >= 4 is 38.0 Å². The summed E-state index contributed by atoms with van der Waals surface area (Å²) in [5.74, 6) is -1.08. The highest BCUT2D eigenvalue weighted by atomic mass is 32.1. The molecule has 0 saturated heterocycles. The Balaban J connectivity index is 1.83. The van der Waals surface area contributed by atoms with Gasteiger partial charge in [0.1, 0.15) is 0 Å². The van der Waals surface area contributed by atoms with Gasteiger partial charge in [0.25, 0.3) is 5.56 Å². The van der Waals surface area contributed by atoms with E-state index in [-0.39, 0.29) is 5.56 Å². The number of rotatable bonds is 4. The normalized spacial score (nSPS) is 11.1. The van der Waals surface area contributed by atoms with Gasteiger partial charge in [0, 0.05) is 17.8 Å². The van der Waals surface area contributed by atoms with Crippen LogP contribution in [0.5, 0.6) is 11.5 Å². The Hall–Kier alpha value is -3.27. The van der Waals surface area contributed by atoms with Gasteiger partial charge in [-0.2, -0.15) is 4.52 Å². The lowest BCUT2D eigenvalue weighted by Crippen LogP contribution is -2.15. The molecule has 27 heavy (non-hydrogen) atoms. The third kappa shape index (κ3) is 2.93. The van der Waals surface area contributed by atoms with Crippen molar-refractivity contribution in [2.45, 2.75) is 0 Å². The first-order chi connectivity index (χ1) is 13.0. The lowest BCUT2D eigenvalue weighted by Gasteiger charge is -2.08. The predicted octanol–water partition coefficient (Wildman–Crippen LogP) is 3.34. The third-order valence-electron chi connectivity index (χ3n) is 3.87. The van der Waals surface area contributed by atoms with Crippen LogP contribution in [0.15, 0.2) is 35.1 Å². The number of methoxy groups -OCH3 is 2. The number of benzene rings is 2. The van der Waals surface area contributed by atoms with Gasteiger partial charge in [0.15, 0.2) is 23.1 Å². The Kier molecular flexibility index (Phi) is 4.11. The molecule has 0 aliphatic heterocycles. The van der Waals surface area contributed by atoms with Crippen LogP contribution in [-0.4, -0.2) is 28.8 Å². The van der Waals surface area contributed by atoms with Crippen LogP contribution in [-0.2, 0) is 0 Å². The first-order valence-electron chi connectivity index (χ1n) is 7.68. The molecule has 0 fully saturated rings. The molecule has 2 heterocycles. The molecule has 0 bridgehead atoms. The fraction of sp³-hybridized carbons (Fsp3) is 0.118. The zero-order valence-electron chi connectivity index (χ0n) is 14.1. The van der Waals surface area contributed by atoms with Crippen LogP contribution in [0.2, 0.25) is 0 Å². The molecule has 1 N–H and O–H groups in total. The van der Waals surface area contributed by atoms with Gasteiger partial charge < -0.3 is 14.8 Å². The molecule has 2 aromatic carbocycles. The summed E-state index contributed by atoms with van der Waals surface area (Å²) in [5.41, 5.74) is 0.347. The average Bonchev–Trinajstić information content (AvgIpc) is 3.06. The lowest BCUT2D eigenvalue weighted by molar-refractivity contribution is 0.355. The van der Waals surface area contributed by atoms with Crippen LogP contribution in [0, 0.1) is 11.6 Å². The molecular formula is C17H12F2N4O3S. The molecule has 7 nitrogen and oxygen atoms in total. The van der Waals surface area contributed by atoms with E-state index in [0.29, 0.717) is 38.2 Å². The van der Waals surface area contributed by atoms with Crippen LogP contribution in [0.4, 0.5) is 19.6 Å². The minimum absolute atomic E-state index is 0.300. The first-order valence-corrected chi connectivity index (χ1v) is 8.49. The molecule has 0 atom stereocenters. The maximum atomic E-state index is 13.4. The number of nitrogens with zero attached hydrogens (tertiary/aromatic N) is 3. The molecule has 0 radical (unpaired) electrons. The number of anilines is 2. The smallest absolute Gasteiger partial charge is 0.283 e. The molecule has 138 valence electrons. The van der Waals surface area contributed by atoms with Crippen molar-refractivity contribution in [2.24, 2.45) is 0 Å². The molecule has 4 aromatic rings. The van der Waals surface area contributed by atoms with Crippen LogP contribution >= 0.6 is 11.3 Å². The highest BCUT2D eigenvalue weighted by Crippen LogP contribution is 2.31. The van der Waals surface area contributed by atoms with Crippen molar-refractivity contribution in [2.75, 3.05) is 19.5 Å². The summed E-state index contributed by atoms with van der Waals surface area (Å²) in [6, 6.07) is 6.52. The summed E-state index contributed by atoms with van der Waals surface area (Å²) in [6.07, 6.45) is 0. The molecule has 4 rings (SSSR count). The van der Waals surface area contributed by atoms with Crippen molar-refractivity contribution in [3.8, 4) is 11.5 Å². The molecule has 2 aromatic heterocycles. The van der Waals surface area contributed by atoms with E-state index in [0.717, 1.165) is 28.0 Å². The van der Waals surface area contributed by atoms with E-state index in [1.807, 2.05) is 0 Å². The molecule has 0 unspecified atom stereocenters. The third-order valence-corrected chi connectivity index (χ3v) is 4.70. The highest BCUT2D eigenvalue weighted by molar-refractivity contribution is 7.20. The average molecular weight is 390 g/mol. The summed E-state index contributed by atoms with van der Waals surface area (Å²) >= 11 is 1.10. The summed E-state index contributed by atoms with van der Waals surface area (Å²) in [4.78, 5) is 17.5. The highest BCUT2D eigenvalue weighted by Gasteiger charge is 2.15. The Labute approximate surface area is 154 Å². The fourth-order valence-corrected chi connectivity index (χ4v) is 3.40. The van der Waals surface area contributed by atoms with Crippen molar-refractivity contribution in [1.29, 1.82) is 0 Å². The largest absolute Gasteiger partial charge is 0.493 e. The van der Waals surface area contributed by atoms with Crippen LogP contribution in [0.1, 0.15) is 0 Å². The number of hydrogen-bond donors (Lipinski definition) is 1. The second-order valence-electron chi connectivity index (χ2n) is 5.50. The van der Waals surface area contributed by atoms with Crippen molar-refractivity contribution < 1.29 is 18.3 Å². The van der Waals surface area contributed by atoms with E-state index in [4.69, 9.17) is 9.47 Å². The van der Waals surface area contributed by atoms with Gasteiger partial charge in [-0.1, -0.05) is 11.3 Å². The van der Waals surface area contributed by atoms with E-state index < -0.39 is 11.6 Å². The zero-order chi connectivity index (χ0) is 19.1. The van der Waals surface area contributed by atoms with Crippen LogP contribution in [0.3, 0.4) is 0 Å². The van der Waals surface area contributed by atoms with Gasteiger partial charge in [-0.25, -0.2) is 13.8 Å². The number of ether oxygens (including phenoxy) is 2. The van der Waals surface area contributed by atoms with Gasteiger partial charge in [-0.15, -0.1) is 5.10 Å². The maximum Gasteiger partial charge on any atom is 0.283 e. The van der Waals surface area contributed by atoms with Crippen LogP contribution < -0.4 is 20.3 Å². The maximum absolute atomic E-state index is 13.4. The number of fused-ring (bicyclic) bond motifs is 2. The quantitative estimate of drug-likeness (QED) is 0.576. The van der Waals surface area contributed by atoms with Gasteiger partial charge in [0.2, 0.25) is 10.1 Å². The topological polar surface area (TPSA) is 77.8 Å². The number of aromatic nitrogens is 3. The van der Waals surface area contributed by atoms with Gasteiger partial charge in [-0.3, -0.25) is 4.79 Å². The SMILES string of the molecule is COc1cc2nc3sc(Nc4ccc(F)c(F)c4)nn3c(=O)c2cc1OC. The second-order valence-corrected chi connectivity index (χ2v) is 6.45. The molecule has 0 amide bonds. The summed E-state index contributed by atoms with van der Waals surface area (Å²) in [5, 5.41) is 7.63. The Morgan fingerprint density at radius 3 is 2.52 bits per heavy atom. The Morgan fingerprint density at radius 1 is 1.07 bits per heavy atom. The van der Waals surface area contributed by atoms with Gasteiger partial charge >= 0.3 is 0 Å². The molecule has 10 heteroatoms. The monoisotopic (exact) mass is 390 g/mol. The Bertz CT molecular complexity index is 1240. The standard InChI is InChI=1S/C17H12F2N4O3S/c1-25-13-6-9-12(7-14(13)26-2)21-17-23(15(9)24)22-16(27-17)20-8-3-4-10(18)11(19)5-8/h3-7H,1-2H3,(H,20,22). The second kappa shape index (κ2) is 6.47. The van der Waals surface area contributed by atoms with E-state index in [1.165, 1.54) is 26.4 Å². The molecule has 0 aliphatic carbocycles. The number of nitrogens with one attached hydrogen (secondary N) is 1. The van der Waals surface area contributed by atoms with Crippen molar-refractivity contribution in [1.82, 2.24) is 14.6 Å².